The predicted octanol–water partition coefficient (Wildman–Crippen LogP) is 2.05. The summed E-state index contributed by atoms with van der Waals surface area (Å²) in [4.78, 5) is 11.0. The van der Waals surface area contributed by atoms with Crippen LogP contribution in [0.25, 0.3) is 0 Å². The number of alkyl halides is 1. The molecule has 0 aromatic rings. The SMILES string of the molecule is O=C1CC2(I)CCCCC2O1. The predicted molar refractivity (Wildman–Crippen MR) is 49.7 cm³/mol. The fourth-order valence-corrected chi connectivity index (χ4v) is 3.11. The summed E-state index contributed by atoms with van der Waals surface area (Å²) in [5, 5.41) is 0. The minimum Gasteiger partial charge on any atom is -0.461 e. The second-order valence-electron chi connectivity index (χ2n) is 3.44. The van der Waals surface area contributed by atoms with E-state index < -0.39 is 0 Å². The molecule has 0 bridgehead atoms. The van der Waals surface area contributed by atoms with Crippen LogP contribution >= 0.6 is 22.6 Å². The molecule has 0 N–H and O–H groups in total. The van der Waals surface area contributed by atoms with E-state index in [1.165, 1.54) is 12.8 Å². The molecule has 1 saturated carbocycles. The van der Waals surface area contributed by atoms with Crippen molar-refractivity contribution in [2.75, 3.05) is 0 Å². The second-order valence-corrected chi connectivity index (χ2v) is 5.58. The molecule has 2 rings (SSSR count). The molecular weight excluding hydrogens is 255 g/mol. The maximum Gasteiger partial charge on any atom is 0.307 e. The monoisotopic (exact) mass is 266 g/mol. The van der Waals surface area contributed by atoms with Crippen LogP contribution < -0.4 is 0 Å². The zero-order chi connectivity index (χ0) is 7.90. The quantitative estimate of drug-likeness (QED) is 0.381. The maximum atomic E-state index is 11.0. The van der Waals surface area contributed by atoms with E-state index in [-0.39, 0.29) is 15.5 Å². The molecule has 2 unspecified atom stereocenters. The molecule has 62 valence electrons. The highest BCUT2D eigenvalue weighted by Crippen LogP contribution is 2.45. The first-order chi connectivity index (χ1) is 5.21. The summed E-state index contributed by atoms with van der Waals surface area (Å²) in [5.41, 5.74) is 0. The van der Waals surface area contributed by atoms with Gasteiger partial charge in [-0.1, -0.05) is 29.0 Å². The van der Waals surface area contributed by atoms with Crippen molar-refractivity contribution in [2.24, 2.45) is 0 Å². The van der Waals surface area contributed by atoms with Crippen LogP contribution in [0.4, 0.5) is 0 Å². The van der Waals surface area contributed by atoms with Crippen molar-refractivity contribution in [3.63, 3.8) is 0 Å². The minimum atomic E-state index is 0.00583. The number of fused-ring (bicyclic) bond motifs is 1. The van der Waals surface area contributed by atoms with E-state index in [0.29, 0.717) is 6.42 Å². The van der Waals surface area contributed by atoms with Crippen molar-refractivity contribution < 1.29 is 9.53 Å². The van der Waals surface area contributed by atoms with Gasteiger partial charge in [0.15, 0.2) is 0 Å². The Labute approximate surface area is 79.8 Å². The van der Waals surface area contributed by atoms with Gasteiger partial charge in [-0.25, -0.2) is 0 Å². The van der Waals surface area contributed by atoms with E-state index in [2.05, 4.69) is 22.6 Å². The first-order valence-electron chi connectivity index (χ1n) is 4.09. The van der Waals surface area contributed by atoms with Crippen LogP contribution in [0.5, 0.6) is 0 Å². The number of carbonyl (C=O) groups excluding carboxylic acids is 1. The molecule has 2 aliphatic rings. The molecule has 0 amide bonds. The van der Waals surface area contributed by atoms with Gasteiger partial charge in [0.2, 0.25) is 0 Å². The lowest BCUT2D eigenvalue weighted by atomic mass is 9.86. The highest BCUT2D eigenvalue weighted by atomic mass is 127. The topological polar surface area (TPSA) is 26.3 Å². The Morgan fingerprint density at radius 2 is 2.36 bits per heavy atom. The third-order valence-corrected chi connectivity index (χ3v) is 4.21. The molecule has 0 aromatic carbocycles. The third kappa shape index (κ3) is 1.27. The summed E-state index contributed by atoms with van der Waals surface area (Å²) in [6, 6.07) is 0. The highest BCUT2D eigenvalue weighted by molar-refractivity contribution is 14.1. The largest absolute Gasteiger partial charge is 0.461 e. The first kappa shape index (κ1) is 7.83. The van der Waals surface area contributed by atoms with Crippen molar-refractivity contribution in [1.29, 1.82) is 0 Å². The van der Waals surface area contributed by atoms with Crippen molar-refractivity contribution in [3.05, 3.63) is 0 Å². The molecule has 2 nitrogen and oxygen atoms in total. The Kier molecular flexibility index (Phi) is 1.85. The van der Waals surface area contributed by atoms with Gasteiger partial charge in [-0.3, -0.25) is 4.79 Å². The fourth-order valence-electron chi connectivity index (χ4n) is 1.98. The zero-order valence-corrected chi connectivity index (χ0v) is 8.46. The summed E-state index contributed by atoms with van der Waals surface area (Å²) in [7, 11) is 0. The molecule has 1 heterocycles. The van der Waals surface area contributed by atoms with Gasteiger partial charge in [-0.15, -0.1) is 0 Å². The van der Waals surface area contributed by atoms with Crippen LogP contribution in [-0.4, -0.2) is 15.5 Å². The van der Waals surface area contributed by atoms with E-state index >= 15 is 0 Å². The summed E-state index contributed by atoms with van der Waals surface area (Å²) in [6.07, 6.45) is 5.58. The number of carbonyl (C=O) groups is 1. The molecule has 0 spiro atoms. The molecule has 1 aliphatic carbocycles. The molecule has 3 heteroatoms. The Hall–Kier alpha value is 0.200. The molecule has 0 radical (unpaired) electrons. The Bertz CT molecular complexity index is 193. The molecule has 2 atom stereocenters. The molecule has 2 fully saturated rings. The second kappa shape index (κ2) is 2.61. The average Bonchev–Trinajstić information content (AvgIpc) is 2.22. The van der Waals surface area contributed by atoms with Gasteiger partial charge in [-0.05, 0) is 19.3 Å². The Morgan fingerprint density at radius 1 is 1.55 bits per heavy atom. The van der Waals surface area contributed by atoms with Gasteiger partial charge in [0, 0.05) is 0 Å². The number of ether oxygens (including phenoxy) is 1. The first-order valence-corrected chi connectivity index (χ1v) is 5.17. The third-order valence-electron chi connectivity index (χ3n) is 2.60. The average molecular weight is 266 g/mol. The van der Waals surface area contributed by atoms with Crippen molar-refractivity contribution in [3.8, 4) is 0 Å². The van der Waals surface area contributed by atoms with Gasteiger partial charge >= 0.3 is 5.97 Å². The molecular formula is C8H11IO2. The standard InChI is InChI=1S/C8H11IO2/c9-8-4-2-1-3-6(8)11-7(10)5-8/h6H,1-5H2. The van der Waals surface area contributed by atoms with E-state index in [1.54, 1.807) is 0 Å². The van der Waals surface area contributed by atoms with Crippen LogP contribution in [0.15, 0.2) is 0 Å². The van der Waals surface area contributed by atoms with E-state index in [4.69, 9.17) is 4.74 Å². The van der Waals surface area contributed by atoms with Crippen molar-refractivity contribution >= 4 is 28.6 Å². The number of hydrogen-bond acceptors (Lipinski definition) is 2. The maximum absolute atomic E-state index is 11.0. The molecule has 0 aromatic heterocycles. The Balaban J connectivity index is 2.17. The molecule has 1 aliphatic heterocycles. The van der Waals surface area contributed by atoms with Gasteiger partial charge in [0.1, 0.15) is 6.10 Å². The van der Waals surface area contributed by atoms with Gasteiger partial charge in [-0.2, -0.15) is 0 Å². The van der Waals surface area contributed by atoms with Crippen LogP contribution in [0.3, 0.4) is 0 Å². The Morgan fingerprint density at radius 3 is 3.09 bits per heavy atom. The van der Waals surface area contributed by atoms with Crippen LogP contribution in [0, 0.1) is 0 Å². The zero-order valence-electron chi connectivity index (χ0n) is 6.31. The summed E-state index contributed by atoms with van der Waals surface area (Å²) in [6.45, 7) is 0. The summed E-state index contributed by atoms with van der Waals surface area (Å²) < 4.78 is 5.38. The van der Waals surface area contributed by atoms with Crippen LogP contribution in [0.2, 0.25) is 0 Å². The lowest BCUT2D eigenvalue weighted by Gasteiger charge is -2.30. The highest BCUT2D eigenvalue weighted by Gasteiger charge is 2.48. The number of halogens is 1. The molecule has 1 saturated heterocycles. The minimum absolute atomic E-state index is 0.00583. The van der Waals surface area contributed by atoms with E-state index in [0.717, 1.165) is 12.8 Å². The lowest BCUT2D eigenvalue weighted by molar-refractivity contribution is -0.141. The van der Waals surface area contributed by atoms with Crippen molar-refractivity contribution in [2.45, 2.75) is 41.6 Å². The summed E-state index contributed by atoms with van der Waals surface area (Å²) >= 11 is 2.41. The van der Waals surface area contributed by atoms with E-state index in [9.17, 15) is 4.79 Å². The lowest BCUT2D eigenvalue weighted by Crippen LogP contribution is -2.34. The number of rotatable bonds is 0. The number of hydrogen-bond donors (Lipinski definition) is 0. The van der Waals surface area contributed by atoms with Crippen LogP contribution in [-0.2, 0) is 9.53 Å². The van der Waals surface area contributed by atoms with Gasteiger partial charge < -0.3 is 4.74 Å². The normalized spacial score (nSPS) is 43.4. The van der Waals surface area contributed by atoms with Crippen LogP contribution in [0.1, 0.15) is 32.1 Å². The van der Waals surface area contributed by atoms with E-state index in [1.807, 2.05) is 0 Å². The van der Waals surface area contributed by atoms with Gasteiger partial charge in [0.05, 0.1) is 9.84 Å². The number of esters is 1. The molecule has 11 heavy (non-hydrogen) atoms. The smallest absolute Gasteiger partial charge is 0.307 e. The summed E-state index contributed by atoms with van der Waals surface area (Å²) in [5.74, 6) is 0.00583. The van der Waals surface area contributed by atoms with Crippen molar-refractivity contribution in [1.82, 2.24) is 0 Å². The van der Waals surface area contributed by atoms with Gasteiger partial charge in [0.25, 0.3) is 0 Å². The fraction of sp³-hybridized carbons (Fsp3) is 0.875.